The number of aromatic amines is 1. The van der Waals surface area contributed by atoms with Crippen LogP contribution in [0.25, 0.3) is 6.08 Å². The number of nitrogens with one attached hydrogen (secondary N) is 1. The zero-order valence-electron chi connectivity index (χ0n) is 10.7. The fourth-order valence-corrected chi connectivity index (χ4v) is 1.68. The highest BCUT2D eigenvalue weighted by molar-refractivity contribution is 5.86. The van der Waals surface area contributed by atoms with Crippen LogP contribution in [0.15, 0.2) is 18.3 Å². The Kier molecular flexibility index (Phi) is 6.15. The Morgan fingerprint density at radius 3 is 2.94 bits per heavy atom. The van der Waals surface area contributed by atoms with Gasteiger partial charge in [0.1, 0.15) is 0 Å². The van der Waals surface area contributed by atoms with Crippen molar-refractivity contribution in [3.8, 4) is 0 Å². The summed E-state index contributed by atoms with van der Waals surface area (Å²) in [4.78, 5) is 14.1. The van der Waals surface area contributed by atoms with Crippen molar-refractivity contribution in [2.45, 2.75) is 39.0 Å². The number of carbonyl (C=O) groups is 1. The first-order valence-electron chi connectivity index (χ1n) is 6.19. The van der Waals surface area contributed by atoms with E-state index in [4.69, 9.17) is 0 Å². The van der Waals surface area contributed by atoms with Gasteiger partial charge >= 0.3 is 5.97 Å². The van der Waals surface area contributed by atoms with E-state index >= 15 is 0 Å². The largest absolute Gasteiger partial charge is 0.466 e. The minimum atomic E-state index is -0.323. The summed E-state index contributed by atoms with van der Waals surface area (Å²) in [6.45, 7) is 2.21. The van der Waals surface area contributed by atoms with Gasteiger partial charge in [0.15, 0.2) is 0 Å². The number of H-pyrrole nitrogens is 1. The molecule has 0 saturated heterocycles. The molecule has 0 unspecified atom stereocenters. The first kappa shape index (κ1) is 13.6. The molecule has 0 radical (unpaired) electrons. The van der Waals surface area contributed by atoms with Crippen LogP contribution in [0.4, 0.5) is 0 Å². The molecule has 0 spiro atoms. The van der Waals surface area contributed by atoms with Crippen LogP contribution in [0.1, 0.15) is 43.9 Å². The molecule has 17 heavy (non-hydrogen) atoms. The standard InChI is InChI=1S/C14H21NO2/c1-3-4-5-6-7-13-10-12(11-15-13)8-9-14(16)17-2/h8-11,15H,3-7H2,1-2H3/b9-8+. The average molecular weight is 235 g/mol. The molecule has 0 aliphatic rings. The molecule has 0 fully saturated rings. The summed E-state index contributed by atoms with van der Waals surface area (Å²) in [6, 6.07) is 2.07. The van der Waals surface area contributed by atoms with Gasteiger partial charge in [-0.3, -0.25) is 0 Å². The lowest BCUT2D eigenvalue weighted by molar-refractivity contribution is -0.134. The zero-order chi connectivity index (χ0) is 12.5. The van der Waals surface area contributed by atoms with E-state index in [-0.39, 0.29) is 5.97 Å². The minimum Gasteiger partial charge on any atom is -0.466 e. The van der Waals surface area contributed by atoms with Gasteiger partial charge in [-0.15, -0.1) is 0 Å². The molecule has 1 aromatic heterocycles. The fraction of sp³-hybridized carbons (Fsp3) is 0.500. The lowest BCUT2D eigenvalue weighted by atomic mass is 10.1. The summed E-state index contributed by atoms with van der Waals surface area (Å²) in [7, 11) is 1.38. The lowest BCUT2D eigenvalue weighted by Gasteiger charge is -1.96. The van der Waals surface area contributed by atoms with E-state index in [9.17, 15) is 4.79 Å². The zero-order valence-corrected chi connectivity index (χ0v) is 10.7. The molecule has 0 bridgehead atoms. The molecule has 1 aromatic rings. The number of rotatable bonds is 7. The summed E-state index contributed by atoms with van der Waals surface area (Å²) in [6.07, 6.45) is 11.2. The van der Waals surface area contributed by atoms with E-state index < -0.39 is 0 Å². The van der Waals surface area contributed by atoms with Crippen LogP contribution in [0.2, 0.25) is 0 Å². The van der Waals surface area contributed by atoms with Crippen molar-refractivity contribution in [2.75, 3.05) is 7.11 Å². The number of unbranched alkanes of at least 4 members (excludes halogenated alkanes) is 3. The van der Waals surface area contributed by atoms with Crippen molar-refractivity contribution < 1.29 is 9.53 Å². The number of hydrogen-bond acceptors (Lipinski definition) is 2. The first-order chi connectivity index (χ1) is 8.26. The smallest absolute Gasteiger partial charge is 0.330 e. The van der Waals surface area contributed by atoms with Crippen molar-refractivity contribution in [3.05, 3.63) is 29.6 Å². The van der Waals surface area contributed by atoms with Gasteiger partial charge in [0.2, 0.25) is 0 Å². The predicted molar refractivity (Wildman–Crippen MR) is 69.7 cm³/mol. The van der Waals surface area contributed by atoms with Gasteiger partial charge in [0.25, 0.3) is 0 Å². The van der Waals surface area contributed by atoms with E-state index in [1.54, 1.807) is 6.08 Å². The van der Waals surface area contributed by atoms with E-state index in [0.717, 1.165) is 12.0 Å². The van der Waals surface area contributed by atoms with Gasteiger partial charge in [0, 0.05) is 18.0 Å². The van der Waals surface area contributed by atoms with E-state index in [2.05, 4.69) is 22.7 Å². The Morgan fingerprint density at radius 2 is 2.24 bits per heavy atom. The molecule has 0 aromatic carbocycles. The molecule has 1 rings (SSSR count). The molecule has 1 N–H and O–H groups in total. The Hall–Kier alpha value is -1.51. The maximum Gasteiger partial charge on any atom is 0.330 e. The Morgan fingerprint density at radius 1 is 1.41 bits per heavy atom. The van der Waals surface area contributed by atoms with Crippen molar-refractivity contribution in [1.29, 1.82) is 0 Å². The summed E-state index contributed by atoms with van der Waals surface area (Å²) in [5.74, 6) is -0.323. The topological polar surface area (TPSA) is 42.1 Å². The number of carbonyl (C=O) groups excluding carboxylic acids is 1. The Balaban J connectivity index is 2.37. The molecular weight excluding hydrogens is 214 g/mol. The highest BCUT2D eigenvalue weighted by Crippen LogP contribution is 2.10. The van der Waals surface area contributed by atoms with Crippen LogP contribution in [-0.2, 0) is 16.0 Å². The second kappa shape index (κ2) is 7.71. The number of esters is 1. The summed E-state index contributed by atoms with van der Waals surface area (Å²) in [5, 5.41) is 0. The average Bonchev–Trinajstić information content (AvgIpc) is 2.79. The van der Waals surface area contributed by atoms with Crippen LogP contribution < -0.4 is 0 Å². The second-order valence-corrected chi connectivity index (χ2v) is 4.13. The third-order valence-corrected chi connectivity index (χ3v) is 2.68. The predicted octanol–water partition coefficient (Wildman–Crippen LogP) is 3.32. The molecule has 1 heterocycles. The molecular formula is C14H21NO2. The highest BCUT2D eigenvalue weighted by Gasteiger charge is 1.98. The van der Waals surface area contributed by atoms with Crippen molar-refractivity contribution in [2.24, 2.45) is 0 Å². The Bertz CT molecular complexity index is 366. The quantitative estimate of drug-likeness (QED) is 0.447. The summed E-state index contributed by atoms with van der Waals surface area (Å²) < 4.78 is 4.53. The van der Waals surface area contributed by atoms with E-state index in [1.807, 2.05) is 6.20 Å². The van der Waals surface area contributed by atoms with Gasteiger partial charge in [0.05, 0.1) is 7.11 Å². The third-order valence-electron chi connectivity index (χ3n) is 2.68. The molecule has 3 heteroatoms. The van der Waals surface area contributed by atoms with Crippen LogP contribution >= 0.6 is 0 Å². The normalized spacial score (nSPS) is 10.9. The number of hydrogen-bond donors (Lipinski definition) is 1. The Labute approximate surface area is 103 Å². The molecule has 0 amide bonds. The lowest BCUT2D eigenvalue weighted by Crippen LogP contribution is -1.92. The number of ether oxygens (including phenoxy) is 1. The summed E-state index contributed by atoms with van der Waals surface area (Å²) >= 11 is 0. The molecule has 94 valence electrons. The molecule has 0 aliphatic carbocycles. The van der Waals surface area contributed by atoms with Crippen molar-refractivity contribution >= 4 is 12.0 Å². The maximum atomic E-state index is 10.9. The maximum absolute atomic E-state index is 10.9. The van der Waals surface area contributed by atoms with Gasteiger partial charge < -0.3 is 9.72 Å². The van der Waals surface area contributed by atoms with Crippen molar-refractivity contribution in [3.63, 3.8) is 0 Å². The van der Waals surface area contributed by atoms with Crippen LogP contribution in [0.3, 0.4) is 0 Å². The SMILES string of the molecule is CCCCCCc1cc(/C=C/C(=O)OC)c[nH]1. The van der Waals surface area contributed by atoms with E-state index in [0.29, 0.717) is 0 Å². The fourth-order valence-electron chi connectivity index (χ4n) is 1.68. The van der Waals surface area contributed by atoms with Gasteiger partial charge in [-0.1, -0.05) is 26.2 Å². The minimum absolute atomic E-state index is 0.323. The van der Waals surface area contributed by atoms with E-state index in [1.165, 1.54) is 44.6 Å². The number of methoxy groups -OCH3 is 1. The number of aromatic nitrogens is 1. The molecule has 0 atom stereocenters. The van der Waals surface area contributed by atoms with Crippen molar-refractivity contribution in [1.82, 2.24) is 4.98 Å². The van der Waals surface area contributed by atoms with Crippen LogP contribution in [0.5, 0.6) is 0 Å². The number of aryl methyl sites for hydroxylation is 1. The second-order valence-electron chi connectivity index (χ2n) is 4.13. The van der Waals surface area contributed by atoms with Gasteiger partial charge in [-0.05, 0) is 30.5 Å². The van der Waals surface area contributed by atoms with Gasteiger partial charge in [-0.25, -0.2) is 4.79 Å². The van der Waals surface area contributed by atoms with Crippen LogP contribution in [-0.4, -0.2) is 18.1 Å². The monoisotopic (exact) mass is 235 g/mol. The molecule has 3 nitrogen and oxygen atoms in total. The van der Waals surface area contributed by atoms with Crippen LogP contribution in [0, 0.1) is 0 Å². The van der Waals surface area contributed by atoms with Gasteiger partial charge in [-0.2, -0.15) is 0 Å². The highest BCUT2D eigenvalue weighted by atomic mass is 16.5. The molecule has 0 aliphatic heterocycles. The molecule has 0 saturated carbocycles. The third kappa shape index (κ3) is 5.38. The summed E-state index contributed by atoms with van der Waals surface area (Å²) in [5.41, 5.74) is 2.24. The first-order valence-corrected chi connectivity index (χ1v) is 6.19.